The van der Waals surface area contributed by atoms with E-state index in [4.69, 9.17) is 4.74 Å². The summed E-state index contributed by atoms with van der Waals surface area (Å²) in [5.74, 6) is -0.695. The van der Waals surface area contributed by atoms with Gasteiger partial charge in [-0.1, -0.05) is 46.3 Å². The van der Waals surface area contributed by atoms with Gasteiger partial charge in [0.25, 0.3) is 0 Å². The van der Waals surface area contributed by atoms with Gasteiger partial charge in [0.2, 0.25) is 0 Å². The second kappa shape index (κ2) is 6.63. The molecule has 0 saturated heterocycles. The molecule has 134 valence electrons. The van der Waals surface area contributed by atoms with Crippen molar-refractivity contribution in [3.05, 3.63) is 75.4 Å². The third kappa shape index (κ3) is 2.82. The van der Waals surface area contributed by atoms with Crippen LogP contribution in [0.3, 0.4) is 0 Å². The Kier molecular flexibility index (Phi) is 4.28. The Labute approximate surface area is 164 Å². The molecule has 1 heterocycles. The molecule has 1 aliphatic carbocycles. The number of aromatic nitrogens is 1. The third-order valence-electron chi connectivity index (χ3n) is 4.52. The number of hydrogen-bond acceptors (Lipinski definition) is 5. The highest BCUT2D eigenvalue weighted by Gasteiger charge is 2.34. The predicted molar refractivity (Wildman–Crippen MR) is 107 cm³/mol. The number of nitrogens with one attached hydrogen (secondary N) is 1. The van der Waals surface area contributed by atoms with E-state index in [0.29, 0.717) is 28.2 Å². The smallest absolute Gasteiger partial charge is 0.341 e. The molecular formula is C21H15BrN2O3. The number of fused-ring (bicyclic) bond motifs is 3. The fourth-order valence-corrected chi connectivity index (χ4v) is 3.73. The molecule has 0 bridgehead atoms. The number of esters is 1. The number of pyridine rings is 1. The van der Waals surface area contributed by atoms with Gasteiger partial charge in [0.1, 0.15) is 5.56 Å². The highest BCUT2D eigenvalue weighted by molar-refractivity contribution is 9.10. The maximum absolute atomic E-state index is 13.1. The van der Waals surface area contributed by atoms with Crippen molar-refractivity contribution >= 4 is 39.1 Å². The SMILES string of the molecule is COC(=O)c1c(C)nc2c(c1Nc1cccc(Br)c1)C(=O)c1ccccc1-2. The number of halogens is 1. The second-order valence-corrected chi connectivity index (χ2v) is 7.09. The predicted octanol–water partition coefficient (Wildman–Crippen LogP) is 4.89. The van der Waals surface area contributed by atoms with Crippen LogP contribution in [0.5, 0.6) is 0 Å². The van der Waals surface area contributed by atoms with Crippen molar-refractivity contribution in [3.63, 3.8) is 0 Å². The van der Waals surface area contributed by atoms with Gasteiger partial charge in [0, 0.05) is 21.3 Å². The van der Waals surface area contributed by atoms with Crippen molar-refractivity contribution < 1.29 is 14.3 Å². The fourth-order valence-electron chi connectivity index (χ4n) is 3.33. The molecule has 4 rings (SSSR count). The van der Waals surface area contributed by atoms with Gasteiger partial charge in [-0.3, -0.25) is 9.78 Å². The number of anilines is 2. The molecule has 0 unspecified atom stereocenters. The summed E-state index contributed by atoms with van der Waals surface area (Å²) in [6.45, 7) is 1.74. The average molecular weight is 423 g/mol. The summed E-state index contributed by atoms with van der Waals surface area (Å²) in [6, 6.07) is 14.8. The summed E-state index contributed by atoms with van der Waals surface area (Å²) in [7, 11) is 1.31. The molecule has 0 saturated carbocycles. The Balaban J connectivity index is 1.99. The van der Waals surface area contributed by atoms with Gasteiger partial charge in [-0.05, 0) is 25.1 Å². The maximum atomic E-state index is 13.1. The van der Waals surface area contributed by atoms with Gasteiger partial charge >= 0.3 is 5.97 Å². The molecule has 1 aliphatic rings. The van der Waals surface area contributed by atoms with Gasteiger partial charge < -0.3 is 10.1 Å². The molecule has 5 nitrogen and oxygen atoms in total. The van der Waals surface area contributed by atoms with E-state index in [1.54, 1.807) is 13.0 Å². The van der Waals surface area contributed by atoms with Crippen LogP contribution in [-0.2, 0) is 4.74 Å². The average Bonchev–Trinajstić information content (AvgIpc) is 2.94. The van der Waals surface area contributed by atoms with Gasteiger partial charge in [-0.15, -0.1) is 0 Å². The van der Waals surface area contributed by atoms with E-state index in [0.717, 1.165) is 15.7 Å². The van der Waals surface area contributed by atoms with Crippen LogP contribution in [-0.4, -0.2) is 23.8 Å². The molecule has 3 aromatic rings. The number of methoxy groups -OCH3 is 1. The van der Waals surface area contributed by atoms with E-state index >= 15 is 0 Å². The van der Waals surface area contributed by atoms with Crippen LogP contribution in [0.1, 0.15) is 32.0 Å². The topological polar surface area (TPSA) is 68.3 Å². The fraction of sp³-hybridized carbons (Fsp3) is 0.0952. The normalized spacial score (nSPS) is 11.7. The molecule has 0 radical (unpaired) electrons. The number of ketones is 1. The van der Waals surface area contributed by atoms with Crippen molar-refractivity contribution in [2.24, 2.45) is 0 Å². The lowest BCUT2D eigenvalue weighted by Gasteiger charge is -2.16. The lowest BCUT2D eigenvalue weighted by Crippen LogP contribution is -2.13. The first-order valence-electron chi connectivity index (χ1n) is 8.31. The van der Waals surface area contributed by atoms with E-state index in [9.17, 15) is 9.59 Å². The number of benzene rings is 2. The Bertz CT molecular complexity index is 1110. The summed E-state index contributed by atoms with van der Waals surface area (Å²) >= 11 is 3.44. The lowest BCUT2D eigenvalue weighted by molar-refractivity contribution is 0.0600. The minimum Gasteiger partial charge on any atom is -0.465 e. The minimum atomic E-state index is -0.538. The molecule has 0 amide bonds. The Morgan fingerprint density at radius 2 is 1.85 bits per heavy atom. The van der Waals surface area contributed by atoms with Crippen LogP contribution >= 0.6 is 15.9 Å². The van der Waals surface area contributed by atoms with Gasteiger partial charge in [-0.2, -0.15) is 0 Å². The van der Waals surface area contributed by atoms with Crippen molar-refractivity contribution in [3.8, 4) is 11.3 Å². The van der Waals surface area contributed by atoms with Crippen molar-refractivity contribution in [1.29, 1.82) is 0 Å². The summed E-state index contributed by atoms with van der Waals surface area (Å²) < 4.78 is 5.83. The van der Waals surface area contributed by atoms with Crippen LogP contribution in [0.15, 0.2) is 53.0 Å². The molecular weight excluding hydrogens is 408 g/mol. The summed E-state index contributed by atoms with van der Waals surface area (Å²) in [6.07, 6.45) is 0. The molecule has 2 aromatic carbocycles. The number of aryl methyl sites for hydroxylation is 1. The van der Waals surface area contributed by atoms with E-state index in [2.05, 4.69) is 26.2 Å². The van der Waals surface area contributed by atoms with E-state index < -0.39 is 5.97 Å². The third-order valence-corrected chi connectivity index (χ3v) is 5.01. The number of hydrogen-bond donors (Lipinski definition) is 1. The first kappa shape index (κ1) is 17.4. The quantitative estimate of drug-likeness (QED) is 0.475. The number of carbonyl (C=O) groups excluding carboxylic acids is 2. The van der Waals surface area contributed by atoms with E-state index in [1.165, 1.54) is 7.11 Å². The zero-order valence-electron chi connectivity index (χ0n) is 14.7. The number of ether oxygens (including phenoxy) is 1. The van der Waals surface area contributed by atoms with Crippen LogP contribution in [0.2, 0.25) is 0 Å². The van der Waals surface area contributed by atoms with Crippen molar-refractivity contribution in [1.82, 2.24) is 4.98 Å². The monoisotopic (exact) mass is 422 g/mol. The Hall–Kier alpha value is -2.99. The minimum absolute atomic E-state index is 0.157. The van der Waals surface area contributed by atoms with Crippen LogP contribution < -0.4 is 5.32 Å². The van der Waals surface area contributed by atoms with E-state index in [1.807, 2.05) is 42.5 Å². The second-order valence-electron chi connectivity index (χ2n) is 6.17. The molecule has 0 atom stereocenters. The first-order valence-corrected chi connectivity index (χ1v) is 9.10. The van der Waals surface area contributed by atoms with E-state index in [-0.39, 0.29) is 11.3 Å². The van der Waals surface area contributed by atoms with Crippen molar-refractivity contribution in [2.45, 2.75) is 6.92 Å². The molecule has 27 heavy (non-hydrogen) atoms. The number of rotatable bonds is 3. The Morgan fingerprint density at radius 3 is 2.56 bits per heavy atom. The molecule has 0 fully saturated rings. The van der Waals surface area contributed by atoms with Gasteiger partial charge in [0.15, 0.2) is 5.78 Å². The Morgan fingerprint density at radius 1 is 1.11 bits per heavy atom. The van der Waals surface area contributed by atoms with Gasteiger partial charge in [-0.25, -0.2) is 4.79 Å². The number of carbonyl (C=O) groups is 2. The number of nitrogens with zero attached hydrogens (tertiary/aromatic N) is 1. The molecule has 6 heteroatoms. The molecule has 0 aliphatic heterocycles. The summed E-state index contributed by atoms with van der Waals surface area (Å²) in [4.78, 5) is 30.1. The molecule has 1 N–H and O–H groups in total. The maximum Gasteiger partial charge on any atom is 0.341 e. The van der Waals surface area contributed by atoms with Crippen molar-refractivity contribution in [2.75, 3.05) is 12.4 Å². The van der Waals surface area contributed by atoms with Gasteiger partial charge in [0.05, 0.1) is 29.7 Å². The highest BCUT2D eigenvalue weighted by Crippen LogP contribution is 2.42. The first-order chi connectivity index (χ1) is 13.0. The summed E-state index contributed by atoms with van der Waals surface area (Å²) in [5, 5.41) is 3.24. The zero-order chi connectivity index (χ0) is 19.1. The summed E-state index contributed by atoms with van der Waals surface area (Å²) in [5.41, 5.74) is 4.25. The van der Waals surface area contributed by atoms with Crippen LogP contribution in [0.4, 0.5) is 11.4 Å². The molecule has 1 aromatic heterocycles. The highest BCUT2D eigenvalue weighted by atomic mass is 79.9. The molecule has 0 spiro atoms. The van der Waals surface area contributed by atoms with Crippen LogP contribution in [0, 0.1) is 6.92 Å². The zero-order valence-corrected chi connectivity index (χ0v) is 16.3. The standard InChI is InChI=1S/C21H15BrN2O3/c1-11-16(21(26)27-2)19(24-13-7-5-6-12(22)10-13)17-18(23-11)14-8-3-4-9-15(14)20(17)25/h3-10H,1-2H3,(H,23,24). The lowest BCUT2D eigenvalue weighted by atomic mass is 10.0. The van der Waals surface area contributed by atoms with Crippen LogP contribution in [0.25, 0.3) is 11.3 Å². The largest absolute Gasteiger partial charge is 0.465 e.